The molecule has 2 rings (SSSR count). The van der Waals surface area contributed by atoms with E-state index < -0.39 is 22.1 Å². The molecule has 1 fully saturated rings. The molecule has 1 heterocycles. The van der Waals surface area contributed by atoms with Crippen LogP contribution in [0.2, 0.25) is 0 Å². The van der Waals surface area contributed by atoms with E-state index in [9.17, 15) is 17.1 Å². The van der Waals surface area contributed by atoms with Crippen molar-refractivity contribution in [1.29, 1.82) is 0 Å². The average molecular weight is 301 g/mol. The molecular formula is C13H16FNO4S. The number of rotatable bonds is 4. The molecule has 20 heavy (non-hydrogen) atoms. The van der Waals surface area contributed by atoms with E-state index in [-0.39, 0.29) is 19.1 Å². The van der Waals surface area contributed by atoms with Crippen molar-refractivity contribution >= 4 is 16.3 Å². The van der Waals surface area contributed by atoms with Crippen LogP contribution in [0.1, 0.15) is 12.0 Å². The SMILES string of the molecule is O=C(OCc1ccccc1)N1CC[C@H](CS(=O)(=O)F)C1. The van der Waals surface area contributed by atoms with Crippen molar-refractivity contribution in [3.05, 3.63) is 35.9 Å². The molecule has 1 aromatic rings. The average Bonchev–Trinajstić information content (AvgIpc) is 2.83. The van der Waals surface area contributed by atoms with E-state index in [4.69, 9.17) is 4.74 Å². The fourth-order valence-electron chi connectivity index (χ4n) is 2.23. The Morgan fingerprint density at radius 1 is 1.35 bits per heavy atom. The fourth-order valence-corrected chi connectivity index (χ4v) is 3.06. The molecular weight excluding hydrogens is 285 g/mol. The molecule has 0 aliphatic carbocycles. The smallest absolute Gasteiger partial charge is 0.410 e. The standard InChI is InChI=1S/C13H16FNO4S/c14-20(17,18)10-12-6-7-15(8-12)13(16)19-9-11-4-2-1-3-5-11/h1-5,12H,6-10H2/t12-/m0/s1. The molecule has 7 heteroatoms. The van der Waals surface area contributed by atoms with Gasteiger partial charge in [0.1, 0.15) is 6.61 Å². The number of halogens is 1. The maximum Gasteiger partial charge on any atom is 0.410 e. The Morgan fingerprint density at radius 3 is 2.70 bits per heavy atom. The molecule has 1 saturated heterocycles. The van der Waals surface area contributed by atoms with Gasteiger partial charge in [0.2, 0.25) is 0 Å². The Kier molecular flexibility index (Phi) is 4.59. The number of nitrogens with zero attached hydrogens (tertiary/aromatic N) is 1. The maximum atomic E-state index is 12.6. The molecule has 0 N–H and O–H groups in total. The van der Waals surface area contributed by atoms with E-state index in [1.807, 2.05) is 30.3 Å². The van der Waals surface area contributed by atoms with Crippen molar-refractivity contribution in [1.82, 2.24) is 4.90 Å². The van der Waals surface area contributed by atoms with Gasteiger partial charge in [0, 0.05) is 13.1 Å². The molecule has 110 valence electrons. The molecule has 0 aromatic heterocycles. The second-order valence-electron chi connectivity index (χ2n) is 4.85. The first kappa shape index (κ1) is 14.8. The lowest BCUT2D eigenvalue weighted by atomic mass is 10.2. The van der Waals surface area contributed by atoms with Gasteiger partial charge in [-0.1, -0.05) is 30.3 Å². The minimum absolute atomic E-state index is 0.169. The molecule has 0 bridgehead atoms. The van der Waals surface area contributed by atoms with Gasteiger partial charge in [-0.3, -0.25) is 0 Å². The second-order valence-corrected chi connectivity index (χ2v) is 6.26. The van der Waals surface area contributed by atoms with Gasteiger partial charge in [-0.25, -0.2) is 4.79 Å². The Morgan fingerprint density at radius 2 is 2.05 bits per heavy atom. The van der Waals surface area contributed by atoms with E-state index in [2.05, 4.69) is 0 Å². The molecule has 5 nitrogen and oxygen atoms in total. The van der Waals surface area contributed by atoms with Gasteiger partial charge in [-0.15, -0.1) is 3.89 Å². The normalized spacial score (nSPS) is 19.1. The summed E-state index contributed by atoms with van der Waals surface area (Å²) in [5.74, 6) is -0.885. The predicted octanol–water partition coefficient (Wildman–Crippen LogP) is 1.94. The third kappa shape index (κ3) is 4.48. The zero-order chi connectivity index (χ0) is 14.6. The number of hydrogen-bond acceptors (Lipinski definition) is 4. The summed E-state index contributed by atoms with van der Waals surface area (Å²) in [5.41, 5.74) is 0.878. The van der Waals surface area contributed by atoms with Crippen molar-refractivity contribution < 1.29 is 21.8 Å². The maximum absolute atomic E-state index is 12.6. The molecule has 1 aromatic carbocycles. The monoisotopic (exact) mass is 301 g/mol. The highest BCUT2D eigenvalue weighted by Gasteiger charge is 2.30. The van der Waals surface area contributed by atoms with Crippen LogP contribution in [0.5, 0.6) is 0 Å². The summed E-state index contributed by atoms with van der Waals surface area (Å²) in [5, 5.41) is 0. The fraction of sp³-hybridized carbons (Fsp3) is 0.462. The largest absolute Gasteiger partial charge is 0.445 e. The Balaban J connectivity index is 1.80. The second kappa shape index (κ2) is 6.21. The first-order chi connectivity index (χ1) is 9.44. The number of likely N-dealkylation sites (tertiary alicyclic amines) is 1. The lowest BCUT2D eigenvalue weighted by Crippen LogP contribution is -2.30. The molecule has 0 saturated carbocycles. The summed E-state index contributed by atoms with van der Waals surface area (Å²) < 4.78 is 38.9. The first-order valence-electron chi connectivity index (χ1n) is 6.32. The van der Waals surface area contributed by atoms with E-state index in [1.165, 1.54) is 4.90 Å². The van der Waals surface area contributed by atoms with E-state index >= 15 is 0 Å². The number of carbonyl (C=O) groups is 1. The summed E-state index contributed by atoms with van der Waals surface area (Å²) in [7, 11) is -4.49. The molecule has 1 aliphatic heterocycles. The Labute approximate surface area is 117 Å². The van der Waals surface area contributed by atoms with Crippen LogP contribution in [0.15, 0.2) is 30.3 Å². The van der Waals surface area contributed by atoms with Crippen molar-refractivity contribution in [2.24, 2.45) is 5.92 Å². The quantitative estimate of drug-likeness (QED) is 0.797. The third-order valence-corrected chi connectivity index (χ3v) is 4.05. The van der Waals surface area contributed by atoms with Gasteiger partial charge < -0.3 is 9.64 Å². The van der Waals surface area contributed by atoms with Crippen LogP contribution in [-0.2, 0) is 21.6 Å². The van der Waals surface area contributed by atoms with Crippen LogP contribution in [0.25, 0.3) is 0 Å². The molecule has 1 atom stereocenters. The molecule has 0 radical (unpaired) electrons. The van der Waals surface area contributed by atoms with Gasteiger partial charge in [0.15, 0.2) is 0 Å². The van der Waals surface area contributed by atoms with Crippen LogP contribution >= 0.6 is 0 Å². The van der Waals surface area contributed by atoms with Gasteiger partial charge in [-0.05, 0) is 17.9 Å². The summed E-state index contributed by atoms with van der Waals surface area (Å²) in [4.78, 5) is 13.2. The van der Waals surface area contributed by atoms with E-state index in [0.29, 0.717) is 13.0 Å². The number of benzene rings is 1. The van der Waals surface area contributed by atoms with Gasteiger partial charge in [-0.2, -0.15) is 8.42 Å². The molecule has 0 unspecified atom stereocenters. The summed E-state index contributed by atoms with van der Waals surface area (Å²) in [6.45, 7) is 0.785. The first-order valence-corrected chi connectivity index (χ1v) is 7.87. The van der Waals surface area contributed by atoms with Gasteiger partial charge >= 0.3 is 16.3 Å². The van der Waals surface area contributed by atoms with Gasteiger partial charge in [0.25, 0.3) is 0 Å². The number of carbonyl (C=O) groups excluding carboxylic acids is 1. The van der Waals surface area contributed by atoms with Gasteiger partial charge in [0.05, 0.1) is 5.75 Å². The van der Waals surface area contributed by atoms with Crippen molar-refractivity contribution in [3.63, 3.8) is 0 Å². The lowest BCUT2D eigenvalue weighted by Gasteiger charge is -2.16. The summed E-state index contributed by atoms with van der Waals surface area (Å²) in [6.07, 6.45) is -0.0172. The minimum Gasteiger partial charge on any atom is -0.445 e. The zero-order valence-electron chi connectivity index (χ0n) is 10.9. The molecule has 1 aliphatic rings. The van der Waals surface area contributed by atoms with Crippen LogP contribution in [0.4, 0.5) is 8.68 Å². The third-order valence-electron chi connectivity index (χ3n) is 3.18. The van der Waals surface area contributed by atoms with Crippen LogP contribution in [0, 0.1) is 5.92 Å². The predicted molar refractivity (Wildman–Crippen MR) is 71.2 cm³/mol. The van der Waals surface area contributed by atoms with Crippen molar-refractivity contribution in [3.8, 4) is 0 Å². The lowest BCUT2D eigenvalue weighted by molar-refractivity contribution is 0.103. The highest BCUT2D eigenvalue weighted by Crippen LogP contribution is 2.19. The summed E-state index contributed by atoms with van der Waals surface area (Å²) in [6, 6.07) is 9.25. The highest BCUT2D eigenvalue weighted by atomic mass is 32.3. The van der Waals surface area contributed by atoms with E-state index in [0.717, 1.165) is 5.56 Å². The Bertz CT molecular complexity index is 561. The van der Waals surface area contributed by atoms with Crippen molar-refractivity contribution in [2.45, 2.75) is 13.0 Å². The number of amides is 1. The van der Waals surface area contributed by atoms with E-state index in [1.54, 1.807) is 0 Å². The number of hydrogen-bond donors (Lipinski definition) is 0. The molecule has 1 amide bonds. The van der Waals surface area contributed by atoms with Crippen LogP contribution < -0.4 is 0 Å². The van der Waals surface area contributed by atoms with Crippen LogP contribution in [-0.4, -0.2) is 38.3 Å². The molecule has 0 spiro atoms. The summed E-state index contributed by atoms with van der Waals surface area (Å²) >= 11 is 0. The highest BCUT2D eigenvalue weighted by molar-refractivity contribution is 7.86. The number of ether oxygens (including phenoxy) is 1. The van der Waals surface area contributed by atoms with Crippen LogP contribution in [0.3, 0.4) is 0 Å². The minimum atomic E-state index is -4.49. The topological polar surface area (TPSA) is 63.7 Å². The van der Waals surface area contributed by atoms with Crippen molar-refractivity contribution in [2.75, 3.05) is 18.8 Å². The zero-order valence-corrected chi connectivity index (χ0v) is 11.7. The Hall–Kier alpha value is -1.63.